The van der Waals surface area contributed by atoms with E-state index in [1.54, 1.807) is 7.11 Å². The van der Waals surface area contributed by atoms with Crippen LogP contribution >= 0.6 is 15.9 Å². The molecule has 1 aromatic rings. The summed E-state index contributed by atoms with van der Waals surface area (Å²) in [5.74, 6) is 0. The van der Waals surface area contributed by atoms with Gasteiger partial charge >= 0.3 is 0 Å². The molecule has 3 nitrogen and oxygen atoms in total. The Labute approximate surface area is 99.4 Å². The van der Waals surface area contributed by atoms with Crippen molar-refractivity contribution in [2.24, 2.45) is 0 Å². The zero-order valence-electron chi connectivity index (χ0n) is 9.16. The molecule has 4 heteroatoms. The summed E-state index contributed by atoms with van der Waals surface area (Å²) in [4.78, 5) is 4.33. The van der Waals surface area contributed by atoms with Gasteiger partial charge in [-0.3, -0.25) is 4.98 Å². The number of methoxy groups -OCH3 is 1. The SMILES string of the molecule is CNC(CCc1ccc(Br)cn1)COC. The van der Waals surface area contributed by atoms with Gasteiger partial charge < -0.3 is 10.1 Å². The smallest absolute Gasteiger partial charge is 0.0615 e. The minimum absolute atomic E-state index is 0.403. The third-order valence-electron chi connectivity index (χ3n) is 2.31. The third-order valence-corrected chi connectivity index (χ3v) is 2.78. The van der Waals surface area contributed by atoms with Gasteiger partial charge in [-0.2, -0.15) is 0 Å². The van der Waals surface area contributed by atoms with Gasteiger partial charge in [0.1, 0.15) is 0 Å². The van der Waals surface area contributed by atoms with Crippen LogP contribution in [0.2, 0.25) is 0 Å². The van der Waals surface area contributed by atoms with Gasteiger partial charge in [-0.05, 0) is 48.0 Å². The van der Waals surface area contributed by atoms with Crippen LogP contribution in [0.25, 0.3) is 0 Å². The molecule has 84 valence electrons. The highest BCUT2D eigenvalue weighted by molar-refractivity contribution is 9.10. The molecule has 1 unspecified atom stereocenters. The molecule has 0 amide bonds. The number of halogens is 1. The van der Waals surface area contributed by atoms with Crippen molar-refractivity contribution in [2.45, 2.75) is 18.9 Å². The van der Waals surface area contributed by atoms with E-state index in [4.69, 9.17) is 4.74 Å². The summed E-state index contributed by atoms with van der Waals surface area (Å²) >= 11 is 3.37. The number of ether oxygens (including phenoxy) is 1. The number of aryl methyl sites for hydroxylation is 1. The summed E-state index contributed by atoms with van der Waals surface area (Å²) < 4.78 is 6.13. The van der Waals surface area contributed by atoms with Crippen LogP contribution in [0, 0.1) is 0 Å². The average Bonchev–Trinajstić information content (AvgIpc) is 2.26. The summed E-state index contributed by atoms with van der Waals surface area (Å²) in [6, 6.07) is 4.47. The van der Waals surface area contributed by atoms with Crippen LogP contribution in [0.15, 0.2) is 22.8 Å². The molecule has 0 spiro atoms. The minimum atomic E-state index is 0.403. The Balaban J connectivity index is 2.38. The van der Waals surface area contributed by atoms with Crippen LogP contribution in [0.3, 0.4) is 0 Å². The maximum atomic E-state index is 5.11. The predicted molar refractivity (Wildman–Crippen MR) is 65.0 cm³/mol. The maximum Gasteiger partial charge on any atom is 0.0615 e. The minimum Gasteiger partial charge on any atom is -0.383 e. The molecular formula is C11H17BrN2O. The van der Waals surface area contributed by atoms with Gasteiger partial charge in [0, 0.05) is 29.5 Å². The van der Waals surface area contributed by atoms with Crippen molar-refractivity contribution in [3.63, 3.8) is 0 Å². The van der Waals surface area contributed by atoms with Crippen molar-refractivity contribution in [3.8, 4) is 0 Å². The van der Waals surface area contributed by atoms with Gasteiger partial charge in [-0.25, -0.2) is 0 Å². The number of likely N-dealkylation sites (N-methyl/N-ethyl adjacent to an activating group) is 1. The van der Waals surface area contributed by atoms with Gasteiger partial charge in [0.2, 0.25) is 0 Å². The monoisotopic (exact) mass is 272 g/mol. The van der Waals surface area contributed by atoms with E-state index < -0.39 is 0 Å². The molecule has 0 aromatic carbocycles. The number of hydrogen-bond donors (Lipinski definition) is 1. The van der Waals surface area contributed by atoms with E-state index in [1.165, 1.54) is 0 Å². The number of pyridine rings is 1. The molecule has 0 saturated carbocycles. The number of hydrogen-bond acceptors (Lipinski definition) is 3. The second-order valence-electron chi connectivity index (χ2n) is 3.45. The van der Waals surface area contributed by atoms with Crippen LogP contribution in [0.4, 0.5) is 0 Å². The third kappa shape index (κ3) is 4.73. The lowest BCUT2D eigenvalue weighted by Crippen LogP contribution is -2.30. The van der Waals surface area contributed by atoms with E-state index in [-0.39, 0.29) is 0 Å². The summed E-state index contributed by atoms with van der Waals surface area (Å²) in [6.07, 6.45) is 3.85. The Morgan fingerprint density at radius 2 is 2.33 bits per heavy atom. The quantitative estimate of drug-likeness (QED) is 0.861. The Morgan fingerprint density at radius 1 is 1.53 bits per heavy atom. The van der Waals surface area contributed by atoms with Crippen LogP contribution in [0.1, 0.15) is 12.1 Å². The van der Waals surface area contributed by atoms with Crippen molar-refractivity contribution < 1.29 is 4.74 Å². The summed E-state index contributed by atoms with van der Waals surface area (Å²) in [6.45, 7) is 0.743. The normalized spacial score (nSPS) is 12.7. The lowest BCUT2D eigenvalue weighted by atomic mass is 10.1. The predicted octanol–water partition coefficient (Wildman–Crippen LogP) is 2.01. The topological polar surface area (TPSA) is 34.2 Å². The summed E-state index contributed by atoms with van der Waals surface area (Å²) in [7, 11) is 3.68. The second kappa shape index (κ2) is 6.93. The molecule has 1 N–H and O–H groups in total. The molecule has 0 bridgehead atoms. The maximum absolute atomic E-state index is 5.11. The van der Waals surface area contributed by atoms with E-state index in [2.05, 4.69) is 26.2 Å². The first-order valence-electron chi connectivity index (χ1n) is 5.03. The molecule has 0 aliphatic carbocycles. The Bertz CT molecular complexity index is 276. The lowest BCUT2D eigenvalue weighted by molar-refractivity contribution is 0.166. The van der Waals surface area contributed by atoms with Gasteiger partial charge in [0.05, 0.1) is 6.61 Å². The number of nitrogens with zero attached hydrogens (tertiary/aromatic N) is 1. The zero-order valence-corrected chi connectivity index (χ0v) is 10.8. The standard InChI is InChI=1S/C11H17BrN2O/c1-13-11(8-15-2)6-5-10-4-3-9(12)7-14-10/h3-4,7,11,13H,5-6,8H2,1-2H3. The first kappa shape index (κ1) is 12.6. The van der Waals surface area contributed by atoms with Crippen molar-refractivity contribution >= 4 is 15.9 Å². The van der Waals surface area contributed by atoms with Gasteiger partial charge in [-0.1, -0.05) is 0 Å². The van der Waals surface area contributed by atoms with E-state index in [0.29, 0.717) is 6.04 Å². The van der Waals surface area contributed by atoms with Crippen LogP contribution in [0.5, 0.6) is 0 Å². The number of aromatic nitrogens is 1. The van der Waals surface area contributed by atoms with Crippen LogP contribution in [-0.4, -0.2) is 31.8 Å². The summed E-state index contributed by atoms with van der Waals surface area (Å²) in [5, 5.41) is 3.22. The molecule has 0 fully saturated rings. The highest BCUT2D eigenvalue weighted by Crippen LogP contribution is 2.09. The molecule has 1 rings (SSSR count). The van der Waals surface area contributed by atoms with Crippen molar-refractivity contribution in [1.29, 1.82) is 0 Å². The van der Waals surface area contributed by atoms with E-state index in [0.717, 1.165) is 29.6 Å². The fourth-order valence-electron chi connectivity index (χ4n) is 1.39. The van der Waals surface area contributed by atoms with Gasteiger partial charge in [0.25, 0.3) is 0 Å². The molecule has 1 aromatic heterocycles. The van der Waals surface area contributed by atoms with Crippen molar-refractivity contribution in [1.82, 2.24) is 10.3 Å². The summed E-state index contributed by atoms with van der Waals surface area (Å²) in [5.41, 5.74) is 1.12. The molecule has 0 saturated heterocycles. The average molecular weight is 273 g/mol. The van der Waals surface area contributed by atoms with Crippen molar-refractivity contribution in [2.75, 3.05) is 20.8 Å². The highest BCUT2D eigenvalue weighted by Gasteiger charge is 2.05. The zero-order chi connectivity index (χ0) is 11.1. The first-order chi connectivity index (χ1) is 7.26. The number of nitrogens with one attached hydrogen (secondary N) is 1. The molecule has 15 heavy (non-hydrogen) atoms. The van der Waals surface area contributed by atoms with E-state index >= 15 is 0 Å². The Morgan fingerprint density at radius 3 is 2.87 bits per heavy atom. The molecule has 0 aliphatic heterocycles. The van der Waals surface area contributed by atoms with E-state index in [9.17, 15) is 0 Å². The molecular weight excluding hydrogens is 256 g/mol. The fourth-order valence-corrected chi connectivity index (χ4v) is 1.62. The highest BCUT2D eigenvalue weighted by atomic mass is 79.9. The Kier molecular flexibility index (Phi) is 5.83. The molecule has 0 radical (unpaired) electrons. The van der Waals surface area contributed by atoms with Gasteiger partial charge in [0.15, 0.2) is 0 Å². The van der Waals surface area contributed by atoms with Crippen molar-refractivity contribution in [3.05, 3.63) is 28.5 Å². The van der Waals surface area contributed by atoms with E-state index in [1.807, 2.05) is 25.4 Å². The molecule has 1 atom stereocenters. The molecule has 0 aliphatic rings. The van der Waals surface area contributed by atoms with Gasteiger partial charge in [-0.15, -0.1) is 0 Å². The number of rotatable bonds is 6. The lowest BCUT2D eigenvalue weighted by Gasteiger charge is -2.14. The Hall–Kier alpha value is -0.450. The second-order valence-corrected chi connectivity index (χ2v) is 4.36. The van der Waals surface area contributed by atoms with Crippen LogP contribution in [-0.2, 0) is 11.2 Å². The molecule has 1 heterocycles. The fraction of sp³-hybridized carbons (Fsp3) is 0.545. The van der Waals surface area contributed by atoms with Crippen LogP contribution < -0.4 is 5.32 Å². The first-order valence-corrected chi connectivity index (χ1v) is 5.82. The largest absolute Gasteiger partial charge is 0.383 e.